The van der Waals surface area contributed by atoms with Crippen LogP contribution in [0.5, 0.6) is 0 Å². The summed E-state index contributed by atoms with van der Waals surface area (Å²) >= 11 is 0. The molecule has 0 saturated carbocycles. The van der Waals surface area contributed by atoms with Gasteiger partial charge in [-0.1, -0.05) is 13.8 Å². The van der Waals surface area contributed by atoms with Crippen LogP contribution in [0.2, 0.25) is 0 Å². The molecule has 1 atom stereocenters. The molecule has 0 spiro atoms. The van der Waals surface area contributed by atoms with Crippen LogP contribution < -0.4 is 11.1 Å². The minimum Gasteiger partial charge on any atom is -0.381 e. The van der Waals surface area contributed by atoms with Gasteiger partial charge in [-0.2, -0.15) is 0 Å². The molecule has 3 N–H and O–H groups in total. The van der Waals surface area contributed by atoms with Gasteiger partial charge in [0.1, 0.15) is 0 Å². The first kappa shape index (κ1) is 15.4. The zero-order chi connectivity index (χ0) is 12.2. The van der Waals surface area contributed by atoms with Crippen LogP contribution in [0.15, 0.2) is 0 Å². The fourth-order valence-electron chi connectivity index (χ4n) is 1.36. The van der Waals surface area contributed by atoms with Gasteiger partial charge in [0.15, 0.2) is 0 Å². The van der Waals surface area contributed by atoms with Crippen LogP contribution in [0.25, 0.3) is 0 Å². The highest BCUT2D eigenvalue weighted by atomic mass is 16.5. The monoisotopic (exact) mass is 230 g/mol. The van der Waals surface area contributed by atoms with Gasteiger partial charge < -0.3 is 15.8 Å². The van der Waals surface area contributed by atoms with Gasteiger partial charge in [-0.05, 0) is 32.2 Å². The van der Waals surface area contributed by atoms with Crippen molar-refractivity contribution in [3.05, 3.63) is 0 Å². The molecule has 0 heterocycles. The molecule has 1 unspecified atom stereocenters. The molecule has 0 aromatic rings. The first-order valence-corrected chi connectivity index (χ1v) is 6.27. The van der Waals surface area contributed by atoms with Gasteiger partial charge >= 0.3 is 0 Å². The van der Waals surface area contributed by atoms with Crippen molar-refractivity contribution >= 4 is 5.91 Å². The predicted octanol–water partition coefficient (Wildman–Crippen LogP) is 1.29. The Morgan fingerprint density at radius 3 is 2.75 bits per heavy atom. The quantitative estimate of drug-likeness (QED) is 0.556. The Kier molecular flexibility index (Phi) is 10.5. The molecule has 0 bridgehead atoms. The third-order valence-electron chi connectivity index (χ3n) is 2.40. The topological polar surface area (TPSA) is 64.3 Å². The molecule has 0 rings (SSSR count). The van der Waals surface area contributed by atoms with Crippen LogP contribution in [-0.2, 0) is 9.53 Å². The standard InChI is InChI=1S/C12H26N2O2/c1-3-9-16-10-5-8-14-12(15)11(2)6-4-7-13/h11H,3-10,13H2,1-2H3,(H,14,15). The molecule has 0 aromatic heterocycles. The fourth-order valence-corrected chi connectivity index (χ4v) is 1.36. The van der Waals surface area contributed by atoms with Crippen LogP contribution in [-0.4, -0.2) is 32.2 Å². The van der Waals surface area contributed by atoms with Gasteiger partial charge in [-0.3, -0.25) is 4.79 Å². The van der Waals surface area contributed by atoms with Gasteiger partial charge in [0.05, 0.1) is 0 Å². The molecule has 4 nitrogen and oxygen atoms in total. The summed E-state index contributed by atoms with van der Waals surface area (Å²) in [6, 6.07) is 0. The number of ether oxygens (including phenoxy) is 1. The second-order valence-corrected chi connectivity index (χ2v) is 4.09. The molecule has 0 aliphatic heterocycles. The highest BCUT2D eigenvalue weighted by molar-refractivity contribution is 5.78. The van der Waals surface area contributed by atoms with E-state index < -0.39 is 0 Å². The van der Waals surface area contributed by atoms with E-state index in [2.05, 4.69) is 12.2 Å². The van der Waals surface area contributed by atoms with Crippen LogP contribution in [0.1, 0.15) is 39.5 Å². The lowest BCUT2D eigenvalue weighted by molar-refractivity contribution is -0.124. The average Bonchev–Trinajstić information content (AvgIpc) is 2.30. The van der Waals surface area contributed by atoms with Crippen molar-refractivity contribution in [3.8, 4) is 0 Å². The number of amides is 1. The maximum Gasteiger partial charge on any atom is 0.222 e. The highest BCUT2D eigenvalue weighted by Gasteiger charge is 2.10. The first-order chi connectivity index (χ1) is 7.72. The van der Waals surface area contributed by atoms with Gasteiger partial charge in [-0.25, -0.2) is 0 Å². The summed E-state index contributed by atoms with van der Waals surface area (Å²) in [4.78, 5) is 11.5. The smallest absolute Gasteiger partial charge is 0.222 e. The lowest BCUT2D eigenvalue weighted by atomic mass is 10.1. The Morgan fingerprint density at radius 2 is 2.12 bits per heavy atom. The number of rotatable bonds is 10. The van der Waals surface area contributed by atoms with Gasteiger partial charge in [0.2, 0.25) is 5.91 Å². The van der Waals surface area contributed by atoms with Crippen LogP contribution >= 0.6 is 0 Å². The third-order valence-corrected chi connectivity index (χ3v) is 2.40. The highest BCUT2D eigenvalue weighted by Crippen LogP contribution is 2.04. The van der Waals surface area contributed by atoms with Crippen molar-refractivity contribution < 1.29 is 9.53 Å². The minimum atomic E-state index is 0.0695. The van der Waals surface area contributed by atoms with Gasteiger partial charge in [-0.15, -0.1) is 0 Å². The molecule has 0 saturated heterocycles. The molecular weight excluding hydrogens is 204 g/mol. The van der Waals surface area contributed by atoms with Gasteiger partial charge in [0, 0.05) is 25.7 Å². The summed E-state index contributed by atoms with van der Waals surface area (Å²) in [5, 5.41) is 2.91. The summed E-state index contributed by atoms with van der Waals surface area (Å²) in [7, 11) is 0. The van der Waals surface area contributed by atoms with E-state index in [-0.39, 0.29) is 11.8 Å². The van der Waals surface area contributed by atoms with E-state index in [9.17, 15) is 4.79 Å². The predicted molar refractivity (Wildman–Crippen MR) is 66.2 cm³/mol. The summed E-state index contributed by atoms with van der Waals surface area (Å²) < 4.78 is 5.32. The summed E-state index contributed by atoms with van der Waals surface area (Å²) in [5.74, 6) is 0.198. The second kappa shape index (κ2) is 10.9. The number of nitrogens with one attached hydrogen (secondary N) is 1. The largest absolute Gasteiger partial charge is 0.381 e. The zero-order valence-corrected chi connectivity index (χ0v) is 10.6. The van der Waals surface area contributed by atoms with E-state index in [1.165, 1.54) is 0 Å². The van der Waals surface area contributed by atoms with Crippen molar-refractivity contribution in [3.63, 3.8) is 0 Å². The number of hydrogen-bond acceptors (Lipinski definition) is 3. The van der Waals surface area contributed by atoms with E-state index in [0.29, 0.717) is 13.1 Å². The third kappa shape index (κ3) is 8.68. The Bertz CT molecular complexity index is 174. The second-order valence-electron chi connectivity index (χ2n) is 4.09. The zero-order valence-electron chi connectivity index (χ0n) is 10.6. The number of nitrogens with two attached hydrogens (primary N) is 1. The molecule has 0 fully saturated rings. The van der Waals surface area contributed by atoms with Crippen molar-refractivity contribution in [2.45, 2.75) is 39.5 Å². The van der Waals surface area contributed by atoms with Gasteiger partial charge in [0.25, 0.3) is 0 Å². The van der Waals surface area contributed by atoms with Crippen LogP contribution in [0.4, 0.5) is 0 Å². The Morgan fingerprint density at radius 1 is 1.38 bits per heavy atom. The van der Waals surface area contributed by atoms with E-state index in [0.717, 1.165) is 38.9 Å². The van der Waals surface area contributed by atoms with Crippen molar-refractivity contribution in [2.24, 2.45) is 11.7 Å². The number of carbonyl (C=O) groups excluding carboxylic acids is 1. The van der Waals surface area contributed by atoms with Crippen LogP contribution in [0.3, 0.4) is 0 Å². The number of carbonyl (C=O) groups is 1. The lowest BCUT2D eigenvalue weighted by Gasteiger charge is -2.11. The SMILES string of the molecule is CCCOCCCNC(=O)C(C)CCCN. The molecule has 4 heteroatoms. The minimum absolute atomic E-state index is 0.0695. The Hall–Kier alpha value is -0.610. The van der Waals surface area contributed by atoms with Crippen molar-refractivity contribution in [2.75, 3.05) is 26.3 Å². The molecule has 1 amide bonds. The molecule has 96 valence electrons. The molecule has 0 aliphatic rings. The number of hydrogen-bond donors (Lipinski definition) is 2. The normalized spacial score (nSPS) is 12.4. The van der Waals surface area contributed by atoms with Crippen LogP contribution in [0, 0.1) is 5.92 Å². The van der Waals surface area contributed by atoms with E-state index in [1.807, 2.05) is 6.92 Å². The molecular formula is C12H26N2O2. The summed E-state index contributed by atoms with van der Waals surface area (Å²) in [6.07, 6.45) is 3.71. The Balaban J connectivity index is 3.35. The molecule has 0 aromatic carbocycles. The lowest BCUT2D eigenvalue weighted by Crippen LogP contribution is -2.30. The van der Waals surface area contributed by atoms with E-state index >= 15 is 0 Å². The Labute approximate surface area is 98.9 Å². The maximum atomic E-state index is 11.5. The van der Waals surface area contributed by atoms with E-state index in [1.54, 1.807) is 0 Å². The molecule has 16 heavy (non-hydrogen) atoms. The first-order valence-electron chi connectivity index (χ1n) is 6.27. The maximum absolute atomic E-state index is 11.5. The van der Waals surface area contributed by atoms with Crippen molar-refractivity contribution in [1.29, 1.82) is 0 Å². The summed E-state index contributed by atoms with van der Waals surface area (Å²) in [5.41, 5.74) is 5.40. The molecule has 0 radical (unpaired) electrons. The average molecular weight is 230 g/mol. The van der Waals surface area contributed by atoms with E-state index in [4.69, 9.17) is 10.5 Å². The summed E-state index contributed by atoms with van der Waals surface area (Å²) in [6.45, 7) is 6.92. The fraction of sp³-hybridized carbons (Fsp3) is 0.917. The van der Waals surface area contributed by atoms with Crippen molar-refractivity contribution in [1.82, 2.24) is 5.32 Å². The molecule has 0 aliphatic carbocycles.